The summed E-state index contributed by atoms with van der Waals surface area (Å²) in [6.07, 6.45) is 2.08. The minimum atomic E-state index is -0.136. The quantitative estimate of drug-likeness (QED) is 0.723. The lowest BCUT2D eigenvalue weighted by molar-refractivity contribution is 0.105. The molecule has 0 fully saturated rings. The molecule has 1 aliphatic rings. The molecule has 0 spiro atoms. The van der Waals surface area contributed by atoms with E-state index in [2.05, 4.69) is 0 Å². The van der Waals surface area contributed by atoms with E-state index in [0.29, 0.717) is 3.57 Å². The summed E-state index contributed by atoms with van der Waals surface area (Å²) in [5, 5.41) is 0. The van der Waals surface area contributed by atoms with Crippen LogP contribution < -0.4 is 0 Å². The fraction of sp³-hybridized carbons (Fsp3) is 0.400. The molecule has 1 atom stereocenters. The summed E-state index contributed by atoms with van der Waals surface area (Å²) in [7, 11) is 1.68. The van der Waals surface area contributed by atoms with Crippen LogP contribution in [0.4, 0.5) is 4.39 Å². The molecule has 0 aromatic heterocycles. The van der Waals surface area contributed by atoms with Gasteiger partial charge in [-0.3, -0.25) is 0 Å². The van der Waals surface area contributed by atoms with E-state index < -0.39 is 0 Å². The van der Waals surface area contributed by atoms with Crippen molar-refractivity contribution in [2.75, 3.05) is 7.11 Å². The fourth-order valence-corrected chi connectivity index (χ4v) is 2.34. The molecule has 0 heterocycles. The lowest BCUT2D eigenvalue weighted by Crippen LogP contribution is -1.97. The number of fused-ring (bicyclic) bond motifs is 1. The summed E-state index contributed by atoms with van der Waals surface area (Å²) in [5.41, 5.74) is 2.26. The Morgan fingerprint density at radius 3 is 3.00 bits per heavy atom. The maximum absolute atomic E-state index is 13.2. The smallest absolute Gasteiger partial charge is 0.136 e. The van der Waals surface area contributed by atoms with Crippen LogP contribution in [0.2, 0.25) is 0 Å². The number of hydrogen-bond acceptors (Lipinski definition) is 1. The summed E-state index contributed by atoms with van der Waals surface area (Å²) in [5.74, 6) is -0.136. The van der Waals surface area contributed by atoms with Crippen LogP contribution in [0.15, 0.2) is 12.1 Å². The van der Waals surface area contributed by atoms with Crippen LogP contribution in [0.1, 0.15) is 23.7 Å². The Morgan fingerprint density at radius 2 is 2.31 bits per heavy atom. The van der Waals surface area contributed by atoms with E-state index in [0.717, 1.165) is 18.4 Å². The molecule has 0 aliphatic heterocycles. The number of rotatable bonds is 1. The van der Waals surface area contributed by atoms with Crippen molar-refractivity contribution >= 4 is 22.6 Å². The van der Waals surface area contributed by atoms with Crippen molar-refractivity contribution in [3.05, 3.63) is 32.6 Å². The van der Waals surface area contributed by atoms with Gasteiger partial charge in [-0.05, 0) is 58.7 Å². The van der Waals surface area contributed by atoms with Gasteiger partial charge in [0.2, 0.25) is 0 Å². The van der Waals surface area contributed by atoms with Crippen LogP contribution in [-0.2, 0) is 11.2 Å². The summed E-state index contributed by atoms with van der Waals surface area (Å²) in [4.78, 5) is 0. The first-order chi connectivity index (χ1) is 6.22. The molecule has 70 valence electrons. The second kappa shape index (κ2) is 3.53. The molecule has 0 N–H and O–H groups in total. The van der Waals surface area contributed by atoms with E-state index in [1.807, 2.05) is 28.7 Å². The minimum Gasteiger partial charge on any atom is -0.377 e. The van der Waals surface area contributed by atoms with Gasteiger partial charge in [0, 0.05) is 10.7 Å². The van der Waals surface area contributed by atoms with E-state index in [9.17, 15) is 4.39 Å². The van der Waals surface area contributed by atoms with E-state index in [-0.39, 0.29) is 11.9 Å². The molecule has 0 saturated carbocycles. The molecule has 0 amide bonds. The molecule has 0 unspecified atom stereocenters. The molecule has 0 saturated heterocycles. The van der Waals surface area contributed by atoms with Gasteiger partial charge in [0.05, 0.1) is 6.10 Å². The number of ether oxygens (including phenoxy) is 1. The van der Waals surface area contributed by atoms with Gasteiger partial charge in [-0.25, -0.2) is 4.39 Å². The van der Waals surface area contributed by atoms with Gasteiger partial charge in [0.25, 0.3) is 0 Å². The predicted octanol–water partition coefficient (Wildman–Crippen LogP) is 3.06. The summed E-state index contributed by atoms with van der Waals surface area (Å²) in [6.45, 7) is 0. The zero-order chi connectivity index (χ0) is 9.42. The lowest BCUT2D eigenvalue weighted by atomic mass is 10.1. The van der Waals surface area contributed by atoms with Gasteiger partial charge >= 0.3 is 0 Å². The highest BCUT2D eigenvalue weighted by molar-refractivity contribution is 14.1. The standard InChI is InChI=1S/C10H10FIO/c1-13-10-3-2-6-4-9(12)8(11)5-7(6)10/h4-5,10H,2-3H2,1H3/t10-/m1/s1. The summed E-state index contributed by atoms with van der Waals surface area (Å²) >= 11 is 2.02. The average molecular weight is 292 g/mol. The first-order valence-electron chi connectivity index (χ1n) is 4.23. The highest BCUT2D eigenvalue weighted by atomic mass is 127. The van der Waals surface area contributed by atoms with Gasteiger partial charge in [-0.2, -0.15) is 0 Å². The van der Waals surface area contributed by atoms with Crippen LogP contribution in [0, 0.1) is 9.39 Å². The third-order valence-corrected chi connectivity index (χ3v) is 3.32. The number of benzene rings is 1. The van der Waals surface area contributed by atoms with Crippen LogP contribution in [0.3, 0.4) is 0 Å². The number of hydrogen-bond donors (Lipinski definition) is 0. The third kappa shape index (κ3) is 1.59. The highest BCUT2D eigenvalue weighted by Crippen LogP contribution is 2.35. The first kappa shape index (κ1) is 9.40. The van der Waals surface area contributed by atoms with Crippen molar-refractivity contribution in [2.45, 2.75) is 18.9 Å². The van der Waals surface area contributed by atoms with Gasteiger partial charge in [-0.1, -0.05) is 0 Å². The monoisotopic (exact) mass is 292 g/mol. The molecule has 0 bridgehead atoms. The molecule has 13 heavy (non-hydrogen) atoms. The number of aryl methyl sites for hydroxylation is 1. The van der Waals surface area contributed by atoms with Gasteiger partial charge < -0.3 is 4.74 Å². The largest absolute Gasteiger partial charge is 0.377 e. The van der Waals surface area contributed by atoms with Gasteiger partial charge in [0.1, 0.15) is 5.82 Å². The molecular formula is C10H10FIO. The zero-order valence-electron chi connectivity index (χ0n) is 7.31. The Labute approximate surface area is 90.4 Å². The van der Waals surface area contributed by atoms with Crippen LogP contribution in [0.25, 0.3) is 0 Å². The Bertz CT molecular complexity index is 338. The molecule has 1 aromatic rings. The van der Waals surface area contributed by atoms with Crippen molar-refractivity contribution < 1.29 is 9.13 Å². The topological polar surface area (TPSA) is 9.23 Å². The first-order valence-corrected chi connectivity index (χ1v) is 5.31. The van der Waals surface area contributed by atoms with Crippen LogP contribution in [-0.4, -0.2) is 7.11 Å². The molecule has 3 heteroatoms. The Balaban J connectivity index is 2.47. The van der Waals surface area contributed by atoms with E-state index in [4.69, 9.17) is 4.74 Å². The van der Waals surface area contributed by atoms with Crippen molar-refractivity contribution in [1.82, 2.24) is 0 Å². The second-order valence-electron chi connectivity index (χ2n) is 3.23. The molecule has 1 aliphatic carbocycles. The minimum absolute atomic E-state index is 0.0986. The predicted molar refractivity (Wildman–Crippen MR) is 57.2 cm³/mol. The van der Waals surface area contributed by atoms with Gasteiger partial charge in [-0.15, -0.1) is 0 Å². The SMILES string of the molecule is CO[C@@H]1CCc2cc(I)c(F)cc21. The molecule has 2 rings (SSSR count). The maximum atomic E-state index is 13.2. The Morgan fingerprint density at radius 1 is 1.54 bits per heavy atom. The second-order valence-corrected chi connectivity index (χ2v) is 4.39. The summed E-state index contributed by atoms with van der Waals surface area (Å²) < 4.78 is 19.2. The molecular weight excluding hydrogens is 282 g/mol. The maximum Gasteiger partial charge on any atom is 0.136 e. The Kier molecular flexibility index (Phi) is 2.55. The van der Waals surface area contributed by atoms with Crippen LogP contribution in [0.5, 0.6) is 0 Å². The van der Waals surface area contributed by atoms with E-state index in [1.165, 1.54) is 5.56 Å². The fourth-order valence-electron chi connectivity index (χ4n) is 1.81. The molecule has 0 radical (unpaired) electrons. The molecule has 1 nitrogen and oxygen atoms in total. The number of methoxy groups -OCH3 is 1. The normalized spacial score (nSPS) is 20.4. The van der Waals surface area contributed by atoms with Crippen molar-refractivity contribution in [3.63, 3.8) is 0 Å². The van der Waals surface area contributed by atoms with E-state index in [1.54, 1.807) is 13.2 Å². The van der Waals surface area contributed by atoms with E-state index >= 15 is 0 Å². The average Bonchev–Trinajstić information content (AvgIpc) is 2.48. The zero-order valence-corrected chi connectivity index (χ0v) is 9.47. The molecule has 1 aromatic carbocycles. The van der Waals surface area contributed by atoms with Crippen molar-refractivity contribution in [3.8, 4) is 0 Å². The highest BCUT2D eigenvalue weighted by Gasteiger charge is 2.23. The lowest BCUT2D eigenvalue weighted by Gasteiger charge is -2.09. The van der Waals surface area contributed by atoms with Gasteiger partial charge in [0.15, 0.2) is 0 Å². The van der Waals surface area contributed by atoms with Crippen molar-refractivity contribution in [1.29, 1.82) is 0 Å². The summed E-state index contributed by atoms with van der Waals surface area (Å²) in [6, 6.07) is 3.53. The Hall–Kier alpha value is -0.160. The van der Waals surface area contributed by atoms with Crippen LogP contribution >= 0.6 is 22.6 Å². The number of halogens is 2. The van der Waals surface area contributed by atoms with Crippen molar-refractivity contribution in [2.24, 2.45) is 0 Å². The third-order valence-electron chi connectivity index (χ3n) is 2.49.